The number of methoxy groups -OCH3 is 3. The largest absolute Gasteiger partial charge is 0.493 e. The van der Waals surface area contributed by atoms with Gasteiger partial charge in [-0.05, 0) is 54.8 Å². The van der Waals surface area contributed by atoms with E-state index in [1.54, 1.807) is 45.6 Å². The van der Waals surface area contributed by atoms with Crippen molar-refractivity contribution in [2.75, 3.05) is 33.3 Å². The van der Waals surface area contributed by atoms with Crippen molar-refractivity contribution in [3.05, 3.63) is 47.5 Å². The van der Waals surface area contributed by atoms with Crippen LogP contribution in [0.15, 0.2) is 36.4 Å². The maximum absolute atomic E-state index is 12.3. The van der Waals surface area contributed by atoms with E-state index >= 15 is 0 Å². The summed E-state index contributed by atoms with van der Waals surface area (Å²) in [6, 6.07) is 10.3. The topological polar surface area (TPSA) is 83.1 Å². The van der Waals surface area contributed by atoms with Gasteiger partial charge in [0.1, 0.15) is 0 Å². The SMILES string of the molecule is CCCCOC(=O)c1ccc(NC(=O)CCc2cc(OC)c(OC)c(OC)c2)cc1. The fourth-order valence-corrected chi connectivity index (χ4v) is 2.84. The Kier molecular flexibility index (Phi) is 9.00. The Morgan fingerprint density at radius 3 is 2.10 bits per heavy atom. The van der Waals surface area contributed by atoms with Crippen molar-refractivity contribution in [2.45, 2.75) is 32.6 Å². The molecule has 0 heterocycles. The molecule has 0 atom stereocenters. The van der Waals surface area contributed by atoms with E-state index in [9.17, 15) is 9.59 Å². The smallest absolute Gasteiger partial charge is 0.338 e. The Bertz CT molecular complexity index is 822. The number of anilines is 1. The number of rotatable bonds is 11. The van der Waals surface area contributed by atoms with E-state index in [0.717, 1.165) is 18.4 Å². The first kappa shape index (κ1) is 23.1. The minimum Gasteiger partial charge on any atom is -0.493 e. The van der Waals surface area contributed by atoms with Crippen LogP contribution in [0, 0.1) is 0 Å². The summed E-state index contributed by atoms with van der Waals surface area (Å²) in [5.74, 6) is 1.12. The summed E-state index contributed by atoms with van der Waals surface area (Å²) in [5, 5.41) is 2.83. The molecule has 0 saturated carbocycles. The van der Waals surface area contributed by atoms with Gasteiger partial charge in [0.05, 0.1) is 33.5 Å². The monoisotopic (exact) mass is 415 g/mol. The van der Waals surface area contributed by atoms with Gasteiger partial charge in [-0.3, -0.25) is 4.79 Å². The summed E-state index contributed by atoms with van der Waals surface area (Å²) in [6.07, 6.45) is 2.59. The Morgan fingerprint density at radius 1 is 0.933 bits per heavy atom. The number of hydrogen-bond acceptors (Lipinski definition) is 6. The summed E-state index contributed by atoms with van der Waals surface area (Å²) < 4.78 is 21.2. The van der Waals surface area contributed by atoms with Gasteiger partial charge in [-0.1, -0.05) is 13.3 Å². The fraction of sp³-hybridized carbons (Fsp3) is 0.391. The molecule has 0 radical (unpaired) electrons. The molecule has 2 aromatic rings. The number of hydrogen-bond donors (Lipinski definition) is 1. The highest BCUT2D eigenvalue weighted by Gasteiger charge is 2.14. The van der Waals surface area contributed by atoms with Crippen LogP contribution in [0.4, 0.5) is 5.69 Å². The van der Waals surface area contributed by atoms with E-state index < -0.39 is 0 Å². The predicted molar refractivity (Wildman–Crippen MR) is 115 cm³/mol. The molecule has 162 valence electrons. The summed E-state index contributed by atoms with van der Waals surface area (Å²) in [6.45, 7) is 2.45. The number of ether oxygens (including phenoxy) is 4. The molecule has 2 aromatic carbocycles. The highest BCUT2D eigenvalue weighted by atomic mass is 16.5. The molecule has 7 nitrogen and oxygen atoms in total. The third-order valence-electron chi connectivity index (χ3n) is 4.50. The van der Waals surface area contributed by atoms with Crippen molar-refractivity contribution in [1.82, 2.24) is 0 Å². The molecule has 0 aliphatic rings. The van der Waals surface area contributed by atoms with Crippen LogP contribution in [-0.2, 0) is 16.0 Å². The van der Waals surface area contributed by atoms with Crippen molar-refractivity contribution in [3.8, 4) is 17.2 Å². The Hall–Kier alpha value is -3.22. The first-order valence-corrected chi connectivity index (χ1v) is 9.88. The average Bonchev–Trinajstić information content (AvgIpc) is 2.77. The molecule has 0 unspecified atom stereocenters. The van der Waals surface area contributed by atoms with E-state index in [-0.39, 0.29) is 18.3 Å². The second-order valence-electron chi connectivity index (χ2n) is 6.65. The zero-order valence-corrected chi connectivity index (χ0v) is 17.9. The van der Waals surface area contributed by atoms with Gasteiger partial charge in [0.2, 0.25) is 11.7 Å². The number of carbonyl (C=O) groups excluding carboxylic acids is 2. The average molecular weight is 415 g/mol. The fourth-order valence-electron chi connectivity index (χ4n) is 2.84. The van der Waals surface area contributed by atoms with Gasteiger partial charge in [0.15, 0.2) is 11.5 Å². The van der Waals surface area contributed by atoms with Gasteiger partial charge in [0.25, 0.3) is 0 Å². The quantitative estimate of drug-likeness (QED) is 0.437. The lowest BCUT2D eigenvalue weighted by atomic mass is 10.1. The predicted octanol–water partition coefficient (Wildman–Crippen LogP) is 4.24. The number of esters is 1. The number of nitrogens with one attached hydrogen (secondary N) is 1. The van der Waals surface area contributed by atoms with Crippen LogP contribution in [-0.4, -0.2) is 39.8 Å². The lowest BCUT2D eigenvalue weighted by molar-refractivity contribution is -0.116. The third kappa shape index (κ3) is 6.40. The van der Waals surface area contributed by atoms with Crippen molar-refractivity contribution in [1.29, 1.82) is 0 Å². The third-order valence-corrected chi connectivity index (χ3v) is 4.50. The van der Waals surface area contributed by atoms with Crippen LogP contribution in [0.25, 0.3) is 0 Å². The Balaban J connectivity index is 1.92. The van der Waals surface area contributed by atoms with Gasteiger partial charge in [-0.25, -0.2) is 4.79 Å². The number of unbranched alkanes of at least 4 members (excludes halogenated alkanes) is 1. The summed E-state index contributed by atoms with van der Waals surface area (Å²) in [5.41, 5.74) is 1.97. The summed E-state index contributed by atoms with van der Waals surface area (Å²) in [7, 11) is 4.65. The molecule has 1 N–H and O–H groups in total. The normalized spacial score (nSPS) is 10.3. The highest BCUT2D eigenvalue weighted by Crippen LogP contribution is 2.38. The van der Waals surface area contributed by atoms with Crippen LogP contribution in [0.2, 0.25) is 0 Å². The minimum absolute atomic E-state index is 0.137. The molecule has 7 heteroatoms. The van der Waals surface area contributed by atoms with Crippen LogP contribution in [0.5, 0.6) is 17.2 Å². The van der Waals surface area contributed by atoms with Crippen molar-refractivity contribution >= 4 is 17.6 Å². The zero-order valence-electron chi connectivity index (χ0n) is 17.9. The van der Waals surface area contributed by atoms with E-state index in [1.807, 2.05) is 19.1 Å². The highest BCUT2D eigenvalue weighted by molar-refractivity contribution is 5.93. The summed E-state index contributed by atoms with van der Waals surface area (Å²) >= 11 is 0. The second-order valence-corrected chi connectivity index (χ2v) is 6.65. The molecule has 0 aliphatic heterocycles. The first-order valence-electron chi connectivity index (χ1n) is 9.88. The number of benzene rings is 2. The summed E-state index contributed by atoms with van der Waals surface area (Å²) in [4.78, 5) is 24.2. The maximum atomic E-state index is 12.3. The van der Waals surface area contributed by atoms with Crippen LogP contribution >= 0.6 is 0 Å². The first-order chi connectivity index (χ1) is 14.5. The molecule has 0 aromatic heterocycles. The van der Waals surface area contributed by atoms with Gasteiger partial charge in [-0.2, -0.15) is 0 Å². The molecule has 2 rings (SSSR count). The van der Waals surface area contributed by atoms with Gasteiger partial charge in [-0.15, -0.1) is 0 Å². The Morgan fingerprint density at radius 2 is 1.57 bits per heavy atom. The molecular weight excluding hydrogens is 386 g/mol. The molecular formula is C23H29NO6. The minimum atomic E-state index is -0.358. The van der Waals surface area contributed by atoms with Gasteiger partial charge >= 0.3 is 5.97 Å². The zero-order chi connectivity index (χ0) is 21.9. The molecule has 0 spiro atoms. The van der Waals surface area contributed by atoms with Crippen molar-refractivity contribution in [3.63, 3.8) is 0 Å². The van der Waals surface area contributed by atoms with E-state index in [4.69, 9.17) is 18.9 Å². The Labute approximate surface area is 177 Å². The lowest BCUT2D eigenvalue weighted by Crippen LogP contribution is -2.13. The van der Waals surface area contributed by atoms with Crippen molar-refractivity contribution in [2.24, 2.45) is 0 Å². The number of amides is 1. The van der Waals surface area contributed by atoms with Crippen LogP contribution in [0.3, 0.4) is 0 Å². The van der Waals surface area contributed by atoms with E-state index in [0.29, 0.717) is 41.5 Å². The standard InChI is InChI=1S/C23H29NO6/c1-5-6-13-30-23(26)17-8-10-18(11-9-17)24-21(25)12-7-16-14-19(27-2)22(29-4)20(15-16)28-3/h8-11,14-15H,5-7,12-13H2,1-4H3,(H,24,25). The molecule has 1 amide bonds. The molecule has 0 bridgehead atoms. The number of carbonyl (C=O) groups is 2. The van der Waals surface area contributed by atoms with Gasteiger partial charge in [0, 0.05) is 12.1 Å². The lowest BCUT2D eigenvalue weighted by Gasteiger charge is -2.14. The van der Waals surface area contributed by atoms with Crippen molar-refractivity contribution < 1.29 is 28.5 Å². The number of aryl methyl sites for hydroxylation is 1. The van der Waals surface area contributed by atoms with E-state index in [1.165, 1.54) is 0 Å². The maximum Gasteiger partial charge on any atom is 0.338 e. The molecule has 0 saturated heterocycles. The molecule has 30 heavy (non-hydrogen) atoms. The van der Waals surface area contributed by atoms with Crippen LogP contribution < -0.4 is 19.5 Å². The molecule has 0 aliphatic carbocycles. The van der Waals surface area contributed by atoms with Crippen LogP contribution in [0.1, 0.15) is 42.1 Å². The van der Waals surface area contributed by atoms with E-state index in [2.05, 4.69) is 5.32 Å². The van der Waals surface area contributed by atoms with Gasteiger partial charge < -0.3 is 24.3 Å². The second kappa shape index (κ2) is 11.7. The molecule has 0 fully saturated rings.